The van der Waals surface area contributed by atoms with Crippen molar-refractivity contribution in [2.45, 2.75) is 45.1 Å². The summed E-state index contributed by atoms with van der Waals surface area (Å²) in [6, 6.07) is 14.3. The van der Waals surface area contributed by atoms with E-state index < -0.39 is 12.1 Å². The lowest BCUT2D eigenvalue weighted by Crippen LogP contribution is -2.33. The zero-order chi connectivity index (χ0) is 22.7. The first-order valence-corrected chi connectivity index (χ1v) is 11.0. The molecule has 3 N–H and O–H groups in total. The number of imide groups is 1. The van der Waals surface area contributed by atoms with E-state index >= 15 is 0 Å². The lowest BCUT2D eigenvalue weighted by Gasteiger charge is -2.14. The van der Waals surface area contributed by atoms with Crippen LogP contribution in [0.1, 0.15) is 43.7 Å². The normalized spacial score (nSPS) is 16.1. The van der Waals surface area contributed by atoms with E-state index in [1.165, 1.54) is 0 Å². The largest absolute Gasteiger partial charge is 0.361 e. The van der Waals surface area contributed by atoms with Crippen molar-refractivity contribution in [2.24, 2.45) is 0 Å². The number of fused-ring (bicyclic) bond motifs is 1. The smallest absolute Gasteiger partial charge is 0.329 e. The van der Waals surface area contributed by atoms with Gasteiger partial charge in [-0.3, -0.25) is 9.59 Å². The number of aromatic nitrogens is 1. The number of hydrogen-bond donors (Lipinski definition) is 3. The fourth-order valence-corrected chi connectivity index (χ4v) is 4.02. The standard InChI is InChI=1S/C25H28N4O3/c1-16(2)17-7-9-19(10-8-17)29-24(31)22(28-25(29)32)11-12-23(30)26-14-13-18-15-27-21-6-4-3-5-20(18)21/h3-10,15-16,22,27H,11-14H2,1-2H3,(H,26,30)(H,28,32)/t22-/m1/s1. The van der Waals surface area contributed by atoms with Crippen molar-refractivity contribution in [3.8, 4) is 0 Å². The van der Waals surface area contributed by atoms with Crippen molar-refractivity contribution in [3.63, 3.8) is 0 Å². The Morgan fingerprint density at radius 2 is 1.84 bits per heavy atom. The third-order valence-electron chi connectivity index (χ3n) is 5.89. The number of hydrogen-bond acceptors (Lipinski definition) is 3. The van der Waals surface area contributed by atoms with E-state index in [1.54, 1.807) is 12.1 Å². The van der Waals surface area contributed by atoms with Crippen LogP contribution in [0.2, 0.25) is 0 Å². The molecule has 1 aliphatic heterocycles. The van der Waals surface area contributed by atoms with Gasteiger partial charge in [-0.2, -0.15) is 0 Å². The number of benzene rings is 2. The molecular weight excluding hydrogens is 404 g/mol. The fraction of sp³-hybridized carbons (Fsp3) is 0.320. The van der Waals surface area contributed by atoms with E-state index in [-0.39, 0.29) is 24.7 Å². The van der Waals surface area contributed by atoms with Crippen LogP contribution in [0, 0.1) is 0 Å². The third kappa shape index (κ3) is 4.51. The molecule has 1 aliphatic rings. The summed E-state index contributed by atoms with van der Waals surface area (Å²) in [7, 11) is 0. The second-order valence-electron chi connectivity index (χ2n) is 8.42. The first-order chi connectivity index (χ1) is 15.4. The number of H-pyrrole nitrogens is 1. The summed E-state index contributed by atoms with van der Waals surface area (Å²) in [4.78, 5) is 41.8. The molecule has 2 aromatic carbocycles. The molecule has 1 saturated heterocycles. The first kappa shape index (κ1) is 21.6. The summed E-state index contributed by atoms with van der Waals surface area (Å²) in [5.74, 6) is -0.0834. The molecule has 2 heterocycles. The van der Waals surface area contributed by atoms with Crippen molar-refractivity contribution >= 4 is 34.4 Å². The monoisotopic (exact) mass is 432 g/mol. The zero-order valence-electron chi connectivity index (χ0n) is 18.4. The van der Waals surface area contributed by atoms with Gasteiger partial charge in [0.05, 0.1) is 5.69 Å². The molecule has 1 atom stereocenters. The second-order valence-corrected chi connectivity index (χ2v) is 8.42. The van der Waals surface area contributed by atoms with Gasteiger partial charge in [-0.1, -0.05) is 44.2 Å². The summed E-state index contributed by atoms with van der Waals surface area (Å²) < 4.78 is 0. The highest BCUT2D eigenvalue weighted by Crippen LogP contribution is 2.24. The van der Waals surface area contributed by atoms with Gasteiger partial charge in [-0.25, -0.2) is 9.69 Å². The lowest BCUT2D eigenvalue weighted by atomic mass is 10.0. The molecule has 4 rings (SSSR count). The average molecular weight is 433 g/mol. The first-order valence-electron chi connectivity index (χ1n) is 11.0. The van der Waals surface area contributed by atoms with Crippen LogP contribution in [0.5, 0.6) is 0 Å². The summed E-state index contributed by atoms with van der Waals surface area (Å²) in [5.41, 5.74) is 3.91. The molecule has 0 radical (unpaired) electrons. The molecule has 7 heteroatoms. The summed E-state index contributed by atoms with van der Waals surface area (Å²) in [6.45, 7) is 4.69. The Bertz CT molecular complexity index is 1130. The van der Waals surface area contributed by atoms with Gasteiger partial charge >= 0.3 is 6.03 Å². The van der Waals surface area contributed by atoms with E-state index in [0.29, 0.717) is 18.2 Å². The number of urea groups is 1. The molecule has 1 fully saturated rings. The van der Waals surface area contributed by atoms with Crippen LogP contribution >= 0.6 is 0 Å². The topological polar surface area (TPSA) is 94.3 Å². The maximum atomic E-state index is 12.7. The van der Waals surface area contributed by atoms with E-state index in [0.717, 1.165) is 33.4 Å². The lowest BCUT2D eigenvalue weighted by molar-refractivity contribution is -0.121. The molecule has 7 nitrogen and oxygen atoms in total. The number of nitrogens with one attached hydrogen (secondary N) is 3. The van der Waals surface area contributed by atoms with E-state index in [1.807, 2.05) is 36.5 Å². The minimum absolute atomic E-state index is 0.133. The molecule has 4 amide bonds. The Morgan fingerprint density at radius 1 is 1.09 bits per heavy atom. The van der Waals surface area contributed by atoms with Gasteiger partial charge in [-0.15, -0.1) is 0 Å². The van der Waals surface area contributed by atoms with Gasteiger partial charge in [-0.05, 0) is 48.1 Å². The molecule has 166 valence electrons. The highest BCUT2D eigenvalue weighted by Gasteiger charge is 2.38. The predicted octanol–water partition coefficient (Wildman–Crippen LogP) is 3.86. The SMILES string of the molecule is CC(C)c1ccc(N2C(=O)N[C@H](CCC(=O)NCCc3c[nH]c4ccccc34)C2=O)cc1. The molecule has 1 aromatic heterocycles. The Balaban J connectivity index is 1.26. The Hall–Kier alpha value is -3.61. The minimum atomic E-state index is -0.688. The van der Waals surface area contributed by atoms with E-state index in [4.69, 9.17) is 0 Å². The predicted molar refractivity (Wildman–Crippen MR) is 125 cm³/mol. The average Bonchev–Trinajstić information content (AvgIpc) is 3.32. The molecule has 0 spiro atoms. The molecule has 0 aliphatic carbocycles. The van der Waals surface area contributed by atoms with Crippen molar-refractivity contribution in [1.29, 1.82) is 0 Å². The van der Waals surface area contributed by atoms with Gasteiger partial charge in [0.1, 0.15) is 6.04 Å². The van der Waals surface area contributed by atoms with Crippen molar-refractivity contribution in [3.05, 3.63) is 65.9 Å². The number of anilines is 1. The van der Waals surface area contributed by atoms with Crippen molar-refractivity contribution < 1.29 is 14.4 Å². The van der Waals surface area contributed by atoms with Gasteiger partial charge in [0.2, 0.25) is 5.91 Å². The van der Waals surface area contributed by atoms with Crippen LogP contribution < -0.4 is 15.5 Å². The highest BCUT2D eigenvalue weighted by molar-refractivity contribution is 6.21. The van der Waals surface area contributed by atoms with Crippen LogP contribution in [0.15, 0.2) is 54.7 Å². The Kier molecular flexibility index (Phi) is 6.25. The minimum Gasteiger partial charge on any atom is -0.361 e. The van der Waals surface area contributed by atoms with Crippen molar-refractivity contribution in [1.82, 2.24) is 15.6 Å². The zero-order valence-corrected chi connectivity index (χ0v) is 18.4. The third-order valence-corrected chi connectivity index (χ3v) is 5.89. The number of amides is 4. The molecule has 0 unspecified atom stereocenters. The van der Waals surface area contributed by atoms with Crippen molar-refractivity contribution in [2.75, 3.05) is 11.4 Å². The number of nitrogens with zero attached hydrogens (tertiary/aromatic N) is 1. The molecule has 3 aromatic rings. The molecular formula is C25H28N4O3. The van der Waals surface area contributed by atoms with Crippen LogP contribution in [-0.4, -0.2) is 35.4 Å². The van der Waals surface area contributed by atoms with E-state index in [2.05, 4.69) is 35.5 Å². The van der Waals surface area contributed by atoms with E-state index in [9.17, 15) is 14.4 Å². The number of aromatic amines is 1. The van der Waals surface area contributed by atoms with Gasteiger partial charge in [0.15, 0.2) is 0 Å². The van der Waals surface area contributed by atoms with Gasteiger partial charge in [0.25, 0.3) is 5.91 Å². The summed E-state index contributed by atoms with van der Waals surface area (Å²) >= 11 is 0. The highest BCUT2D eigenvalue weighted by atomic mass is 16.2. The van der Waals surface area contributed by atoms with Crippen LogP contribution in [0.4, 0.5) is 10.5 Å². The fourth-order valence-electron chi connectivity index (χ4n) is 4.02. The van der Waals surface area contributed by atoms with Gasteiger partial charge < -0.3 is 15.6 Å². The van der Waals surface area contributed by atoms with Crippen LogP contribution in [0.25, 0.3) is 10.9 Å². The Labute approximate surface area is 187 Å². The van der Waals surface area contributed by atoms with Gasteiger partial charge in [0, 0.05) is 30.1 Å². The second kappa shape index (κ2) is 9.26. The molecule has 32 heavy (non-hydrogen) atoms. The number of carbonyl (C=O) groups excluding carboxylic acids is 3. The van der Waals surface area contributed by atoms with Crippen LogP contribution in [0.3, 0.4) is 0 Å². The number of carbonyl (C=O) groups is 3. The number of rotatable bonds is 8. The maximum Gasteiger partial charge on any atom is 0.329 e. The maximum absolute atomic E-state index is 12.7. The summed E-state index contributed by atoms with van der Waals surface area (Å²) in [6.07, 6.45) is 3.12. The quantitative estimate of drug-likeness (QED) is 0.472. The summed E-state index contributed by atoms with van der Waals surface area (Å²) in [5, 5.41) is 6.76. The molecule has 0 bridgehead atoms. The molecule has 0 saturated carbocycles. The van der Waals surface area contributed by atoms with Crippen LogP contribution in [-0.2, 0) is 16.0 Å². The number of para-hydroxylation sites is 1. The Morgan fingerprint density at radius 3 is 2.59 bits per heavy atom.